The molecule has 0 saturated carbocycles. The van der Waals surface area contributed by atoms with E-state index in [1.165, 1.54) is 43.6 Å². The first kappa shape index (κ1) is 26.8. The number of pyridine rings is 1. The summed E-state index contributed by atoms with van der Waals surface area (Å²) in [5.41, 5.74) is 6.56. The molecule has 0 fully saturated rings. The Morgan fingerprint density at radius 3 is 1.93 bits per heavy atom. The molecule has 40 heavy (non-hydrogen) atoms. The van der Waals surface area contributed by atoms with E-state index in [-0.39, 0.29) is 16.2 Å². The zero-order valence-corrected chi connectivity index (χ0v) is 25.8. The minimum Gasteiger partial charge on any atom is -0.455 e. The van der Waals surface area contributed by atoms with Crippen LogP contribution in [-0.4, -0.2) is 4.98 Å². The molecule has 2 heterocycles. The lowest BCUT2D eigenvalue weighted by molar-refractivity contribution is 0.390. The number of hydrogen-bond acceptors (Lipinski definition) is 2. The SMILES string of the molecule is CC(C)(C)Cc1ccc2c(c1)c(CC(C)(C)C)c1c3c(nccc32)-c2cc3ccccc3c(CC(C)(C)C)c2O1. The molecule has 2 heteroatoms. The number of nitrogens with zero attached hydrogens (tertiary/aromatic N) is 1. The number of ether oxygens (including phenoxy) is 1. The summed E-state index contributed by atoms with van der Waals surface area (Å²) in [7, 11) is 0. The topological polar surface area (TPSA) is 22.1 Å². The van der Waals surface area contributed by atoms with Crippen LogP contribution in [0.15, 0.2) is 60.8 Å². The van der Waals surface area contributed by atoms with Gasteiger partial charge in [-0.15, -0.1) is 0 Å². The molecule has 0 unspecified atom stereocenters. The second kappa shape index (κ2) is 9.06. The molecule has 0 atom stereocenters. The van der Waals surface area contributed by atoms with Gasteiger partial charge in [-0.25, -0.2) is 0 Å². The third-order valence-electron chi connectivity index (χ3n) is 7.86. The number of benzene rings is 4. The summed E-state index contributed by atoms with van der Waals surface area (Å²) in [5, 5.41) is 7.51. The highest BCUT2D eigenvalue weighted by Gasteiger charge is 2.31. The molecule has 206 valence electrons. The fourth-order valence-electron chi connectivity index (χ4n) is 6.51. The summed E-state index contributed by atoms with van der Waals surface area (Å²) in [4.78, 5) is 5.05. The molecule has 0 saturated heterocycles. The predicted molar refractivity (Wildman–Crippen MR) is 172 cm³/mol. The Hall–Kier alpha value is -3.39. The van der Waals surface area contributed by atoms with Gasteiger partial charge in [-0.1, -0.05) is 105 Å². The monoisotopic (exact) mass is 529 g/mol. The zero-order valence-electron chi connectivity index (χ0n) is 25.8. The molecule has 1 aromatic heterocycles. The minimum atomic E-state index is 0.0980. The van der Waals surface area contributed by atoms with Gasteiger partial charge in [0, 0.05) is 22.9 Å². The maximum absolute atomic E-state index is 7.22. The van der Waals surface area contributed by atoms with Crippen molar-refractivity contribution >= 4 is 32.3 Å². The molecule has 5 aromatic rings. The molecule has 0 spiro atoms. The molecule has 6 rings (SSSR count). The molecule has 2 nitrogen and oxygen atoms in total. The van der Waals surface area contributed by atoms with E-state index in [0.29, 0.717) is 0 Å². The van der Waals surface area contributed by atoms with Gasteiger partial charge < -0.3 is 4.74 Å². The highest BCUT2D eigenvalue weighted by atomic mass is 16.5. The normalized spacial score (nSPS) is 13.6. The molecule has 0 amide bonds. The number of aromatic nitrogens is 1. The van der Waals surface area contributed by atoms with E-state index in [9.17, 15) is 0 Å². The third kappa shape index (κ3) is 4.87. The molecule has 0 bridgehead atoms. The second-order valence-electron chi connectivity index (χ2n) is 15.5. The number of fused-ring (bicyclic) bond motifs is 5. The van der Waals surface area contributed by atoms with Crippen LogP contribution in [0.1, 0.15) is 79.0 Å². The first-order chi connectivity index (χ1) is 18.7. The average molecular weight is 530 g/mol. The Morgan fingerprint density at radius 1 is 0.600 bits per heavy atom. The lowest BCUT2D eigenvalue weighted by Crippen LogP contribution is -2.15. The molecule has 0 radical (unpaired) electrons. The molecular formula is C38H43NO. The summed E-state index contributed by atoms with van der Waals surface area (Å²) in [5.74, 6) is 1.99. The van der Waals surface area contributed by atoms with Gasteiger partial charge in [0.1, 0.15) is 11.5 Å². The summed E-state index contributed by atoms with van der Waals surface area (Å²) in [6, 6.07) is 20.3. The molecule has 0 aliphatic carbocycles. The van der Waals surface area contributed by atoms with E-state index in [1.54, 1.807) is 0 Å². The molecule has 4 aromatic carbocycles. The molecule has 1 aliphatic heterocycles. The van der Waals surface area contributed by atoms with Crippen LogP contribution in [-0.2, 0) is 19.3 Å². The first-order valence-corrected chi connectivity index (χ1v) is 14.8. The van der Waals surface area contributed by atoms with Crippen LogP contribution >= 0.6 is 0 Å². The summed E-state index contributed by atoms with van der Waals surface area (Å²) in [6.45, 7) is 20.9. The summed E-state index contributed by atoms with van der Waals surface area (Å²) < 4.78 is 7.22. The van der Waals surface area contributed by atoms with Crippen LogP contribution in [0.5, 0.6) is 11.5 Å². The van der Waals surface area contributed by atoms with Crippen molar-refractivity contribution in [1.29, 1.82) is 0 Å². The number of hydrogen-bond donors (Lipinski definition) is 0. The van der Waals surface area contributed by atoms with Crippen molar-refractivity contribution in [3.05, 3.63) is 77.5 Å². The van der Waals surface area contributed by atoms with Crippen molar-refractivity contribution in [2.45, 2.75) is 81.6 Å². The van der Waals surface area contributed by atoms with Gasteiger partial charge in [-0.3, -0.25) is 4.98 Å². The largest absolute Gasteiger partial charge is 0.455 e. The molecule has 0 N–H and O–H groups in total. The van der Waals surface area contributed by atoms with Gasteiger partial charge in [0.25, 0.3) is 0 Å². The fraction of sp³-hybridized carbons (Fsp3) is 0.395. The van der Waals surface area contributed by atoms with Crippen LogP contribution in [0.3, 0.4) is 0 Å². The summed E-state index contributed by atoms with van der Waals surface area (Å²) >= 11 is 0. The molecule has 1 aliphatic rings. The minimum absolute atomic E-state index is 0.0980. The van der Waals surface area contributed by atoms with E-state index < -0.39 is 0 Å². The third-order valence-corrected chi connectivity index (χ3v) is 7.86. The highest BCUT2D eigenvalue weighted by Crippen LogP contribution is 2.54. The molecular weight excluding hydrogens is 486 g/mol. The van der Waals surface area contributed by atoms with Crippen LogP contribution in [0.25, 0.3) is 43.6 Å². The standard InChI is InChI=1S/C38H43NO/c1-36(2,3)20-23-14-15-26-27-16-17-39-33-29-19-24-12-10-11-13-25(24)30(21-37(4,5)6)34(29)40-35(32(27)33)31(28(26)18-23)22-38(7,8)9/h10-19H,20-22H2,1-9H3. The van der Waals surface area contributed by atoms with Crippen molar-refractivity contribution in [3.8, 4) is 22.8 Å². The van der Waals surface area contributed by atoms with Gasteiger partial charge in [0.2, 0.25) is 0 Å². The van der Waals surface area contributed by atoms with Gasteiger partial charge >= 0.3 is 0 Å². The Labute approximate surface area is 239 Å². The van der Waals surface area contributed by atoms with E-state index in [0.717, 1.165) is 47.4 Å². The van der Waals surface area contributed by atoms with Crippen molar-refractivity contribution < 1.29 is 4.74 Å². The maximum atomic E-state index is 7.22. The van der Waals surface area contributed by atoms with Gasteiger partial charge in [0.05, 0.1) is 11.1 Å². The second-order valence-corrected chi connectivity index (χ2v) is 15.5. The van der Waals surface area contributed by atoms with E-state index in [1.807, 2.05) is 6.20 Å². The Kier molecular flexibility index (Phi) is 6.07. The fourth-order valence-corrected chi connectivity index (χ4v) is 6.51. The maximum Gasteiger partial charge on any atom is 0.141 e. The van der Waals surface area contributed by atoms with Crippen LogP contribution in [0, 0.1) is 16.2 Å². The lowest BCUT2D eigenvalue weighted by atomic mass is 9.80. The Morgan fingerprint density at radius 2 is 1.25 bits per heavy atom. The smallest absolute Gasteiger partial charge is 0.141 e. The number of rotatable bonds is 3. The van der Waals surface area contributed by atoms with Crippen LogP contribution in [0.2, 0.25) is 0 Å². The quantitative estimate of drug-likeness (QED) is 0.213. The van der Waals surface area contributed by atoms with Crippen molar-refractivity contribution in [2.24, 2.45) is 16.2 Å². The first-order valence-electron chi connectivity index (χ1n) is 14.8. The van der Waals surface area contributed by atoms with Crippen molar-refractivity contribution in [2.75, 3.05) is 0 Å². The predicted octanol–water partition coefficient (Wildman–Crippen LogP) is 11.1. The van der Waals surface area contributed by atoms with Gasteiger partial charge in [-0.05, 0) is 80.1 Å². The van der Waals surface area contributed by atoms with E-state index >= 15 is 0 Å². The zero-order chi connectivity index (χ0) is 28.6. The Balaban J connectivity index is 1.73. The van der Waals surface area contributed by atoms with Crippen LogP contribution in [0.4, 0.5) is 0 Å². The Bertz CT molecular complexity index is 1790. The van der Waals surface area contributed by atoms with E-state index in [2.05, 4.69) is 117 Å². The van der Waals surface area contributed by atoms with Gasteiger partial charge in [-0.2, -0.15) is 0 Å². The lowest BCUT2D eigenvalue weighted by Gasteiger charge is -2.31. The van der Waals surface area contributed by atoms with E-state index in [4.69, 9.17) is 9.72 Å². The van der Waals surface area contributed by atoms with Gasteiger partial charge in [0.15, 0.2) is 0 Å². The van der Waals surface area contributed by atoms with Crippen molar-refractivity contribution in [1.82, 2.24) is 4.98 Å². The summed E-state index contributed by atoms with van der Waals surface area (Å²) in [6.07, 6.45) is 4.89. The average Bonchev–Trinajstić information content (AvgIpc) is 2.84. The highest BCUT2D eigenvalue weighted by molar-refractivity contribution is 6.18. The van der Waals surface area contributed by atoms with Crippen LogP contribution < -0.4 is 4.74 Å². The van der Waals surface area contributed by atoms with Crippen molar-refractivity contribution in [3.63, 3.8) is 0 Å².